The van der Waals surface area contributed by atoms with Crippen LogP contribution in [-0.2, 0) is 23.4 Å². The molecule has 1 aliphatic carbocycles. The molecule has 4 rings (SSSR count). The number of aromatic nitrogens is 2. The van der Waals surface area contributed by atoms with E-state index in [1.165, 1.54) is 15.9 Å². The van der Waals surface area contributed by atoms with Gasteiger partial charge in [-0.2, -0.15) is 0 Å². The Labute approximate surface area is 166 Å². The maximum atomic E-state index is 13.4. The first-order valence-corrected chi connectivity index (χ1v) is 10.5. The van der Waals surface area contributed by atoms with Crippen LogP contribution in [0, 0.1) is 6.92 Å². The van der Waals surface area contributed by atoms with Crippen LogP contribution in [0.25, 0.3) is 10.2 Å². The molecule has 0 bridgehead atoms. The summed E-state index contributed by atoms with van der Waals surface area (Å²) in [7, 11) is 1.60. The van der Waals surface area contributed by atoms with Gasteiger partial charge in [0.15, 0.2) is 0 Å². The van der Waals surface area contributed by atoms with Gasteiger partial charge in [-0.05, 0) is 31.7 Å². The summed E-state index contributed by atoms with van der Waals surface area (Å²) in [5, 5.41) is 3.41. The number of fused-ring (bicyclic) bond motifs is 1. The summed E-state index contributed by atoms with van der Waals surface area (Å²) < 4.78 is 8.37. The van der Waals surface area contributed by atoms with E-state index in [1.807, 2.05) is 13.8 Å². The molecular formula is C19H26N4O4S. The molecular weight excluding hydrogens is 380 g/mol. The molecule has 1 saturated heterocycles. The largest absolute Gasteiger partial charge is 0.383 e. The van der Waals surface area contributed by atoms with Gasteiger partial charge < -0.3 is 15.0 Å². The summed E-state index contributed by atoms with van der Waals surface area (Å²) in [4.78, 5) is 42.0. The van der Waals surface area contributed by atoms with Crippen molar-refractivity contribution < 1.29 is 9.53 Å². The van der Waals surface area contributed by atoms with E-state index >= 15 is 0 Å². The average molecular weight is 407 g/mol. The fraction of sp³-hybridized carbons (Fsp3) is 0.632. The minimum absolute atomic E-state index is 0.0889. The summed E-state index contributed by atoms with van der Waals surface area (Å²) in [6.45, 7) is 6.47. The van der Waals surface area contributed by atoms with E-state index in [9.17, 15) is 14.4 Å². The van der Waals surface area contributed by atoms with Crippen molar-refractivity contribution in [2.75, 3.05) is 26.8 Å². The monoisotopic (exact) mass is 406 g/mol. The molecule has 2 fully saturated rings. The van der Waals surface area contributed by atoms with E-state index < -0.39 is 0 Å². The maximum Gasteiger partial charge on any atom is 0.332 e. The minimum Gasteiger partial charge on any atom is -0.383 e. The molecule has 2 aromatic heterocycles. The number of rotatable bonds is 7. The topological polar surface area (TPSA) is 85.6 Å². The number of amides is 2. The van der Waals surface area contributed by atoms with Crippen molar-refractivity contribution in [1.29, 1.82) is 0 Å². The molecule has 0 spiro atoms. The van der Waals surface area contributed by atoms with Crippen molar-refractivity contribution in [2.45, 2.75) is 51.7 Å². The standard InChI is InChI=1S/C19H26N4O4S/c1-4-19(5-6-19)23-15(24)14-12(2)13(11-21-8-7-20-17(21)25)28-16(14)22(18(23)26)9-10-27-3/h4-11H2,1-3H3,(H,20,25). The number of hydrogen-bond acceptors (Lipinski definition) is 5. The van der Waals surface area contributed by atoms with Crippen LogP contribution in [0.2, 0.25) is 0 Å². The van der Waals surface area contributed by atoms with Crippen molar-refractivity contribution in [1.82, 2.24) is 19.4 Å². The Morgan fingerprint density at radius 2 is 2.00 bits per heavy atom. The Morgan fingerprint density at radius 3 is 2.57 bits per heavy atom. The Kier molecular flexibility index (Phi) is 4.83. The van der Waals surface area contributed by atoms with E-state index in [-0.39, 0.29) is 22.8 Å². The Balaban J connectivity index is 1.91. The van der Waals surface area contributed by atoms with Crippen molar-refractivity contribution in [3.05, 3.63) is 31.3 Å². The van der Waals surface area contributed by atoms with Gasteiger partial charge in [-0.25, -0.2) is 9.59 Å². The maximum absolute atomic E-state index is 13.4. The SMILES string of the molecule is CCC1(n2c(=O)c3c(C)c(CN4CCNC4=O)sc3n(CCOC)c2=O)CC1. The molecule has 0 radical (unpaired) electrons. The van der Waals surface area contributed by atoms with Crippen LogP contribution in [0.15, 0.2) is 9.59 Å². The summed E-state index contributed by atoms with van der Waals surface area (Å²) in [6.07, 6.45) is 2.48. The van der Waals surface area contributed by atoms with Gasteiger partial charge in [0.25, 0.3) is 5.56 Å². The van der Waals surface area contributed by atoms with E-state index in [4.69, 9.17) is 4.74 Å². The predicted molar refractivity (Wildman–Crippen MR) is 108 cm³/mol. The second kappa shape index (κ2) is 7.04. The van der Waals surface area contributed by atoms with E-state index in [0.717, 1.165) is 29.7 Å². The molecule has 28 heavy (non-hydrogen) atoms. The number of urea groups is 1. The van der Waals surface area contributed by atoms with Crippen LogP contribution >= 0.6 is 11.3 Å². The number of hydrogen-bond donors (Lipinski definition) is 1. The van der Waals surface area contributed by atoms with Crippen molar-refractivity contribution in [3.8, 4) is 0 Å². The number of nitrogens with one attached hydrogen (secondary N) is 1. The third-order valence-corrected chi connectivity index (χ3v) is 7.37. The second-order valence-electron chi connectivity index (χ2n) is 7.63. The molecule has 2 amide bonds. The first-order valence-electron chi connectivity index (χ1n) is 9.73. The van der Waals surface area contributed by atoms with Gasteiger partial charge in [0, 0.05) is 25.1 Å². The third kappa shape index (κ3) is 2.88. The lowest BCUT2D eigenvalue weighted by Crippen LogP contribution is -2.45. The lowest BCUT2D eigenvalue weighted by Gasteiger charge is -2.18. The summed E-state index contributed by atoms with van der Waals surface area (Å²) in [5.74, 6) is 0. The highest BCUT2D eigenvalue weighted by Gasteiger charge is 2.46. The van der Waals surface area contributed by atoms with Crippen LogP contribution in [0.4, 0.5) is 4.79 Å². The van der Waals surface area contributed by atoms with Crippen LogP contribution in [0.5, 0.6) is 0 Å². The molecule has 8 nitrogen and oxygen atoms in total. The summed E-state index contributed by atoms with van der Waals surface area (Å²) in [5.41, 5.74) is 0.0802. The average Bonchev–Trinajstić information content (AvgIpc) is 3.25. The van der Waals surface area contributed by atoms with Gasteiger partial charge in [-0.15, -0.1) is 11.3 Å². The van der Waals surface area contributed by atoms with Crippen LogP contribution < -0.4 is 16.6 Å². The van der Waals surface area contributed by atoms with Crippen molar-refractivity contribution >= 4 is 27.6 Å². The molecule has 0 aromatic carbocycles. The number of thiophene rings is 1. The third-order valence-electron chi connectivity index (χ3n) is 6.07. The molecule has 0 atom stereocenters. The molecule has 1 saturated carbocycles. The Hall–Kier alpha value is -2.13. The number of nitrogens with zero attached hydrogens (tertiary/aromatic N) is 3. The quantitative estimate of drug-likeness (QED) is 0.757. The Morgan fingerprint density at radius 1 is 1.25 bits per heavy atom. The zero-order valence-electron chi connectivity index (χ0n) is 16.5. The first kappa shape index (κ1) is 19.2. The van der Waals surface area contributed by atoms with Crippen LogP contribution in [0.3, 0.4) is 0 Å². The van der Waals surface area contributed by atoms with E-state index in [0.29, 0.717) is 43.0 Å². The number of methoxy groups -OCH3 is 1. The Bertz CT molecular complexity index is 1050. The van der Waals surface area contributed by atoms with Crippen molar-refractivity contribution in [2.24, 2.45) is 0 Å². The molecule has 2 aliphatic rings. The zero-order chi connectivity index (χ0) is 20.1. The smallest absolute Gasteiger partial charge is 0.332 e. The zero-order valence-corrected chi connectivity index (χ0v) is 17.4. The summed E-state index contributed by atoms with van der Waals surface area (Å²) in [6, 6.07) is -0.0889. The molecule has 1 aliphatic heterocycles. The number of aryl methyl sites for hydroxylation is 1. The van der Waals surface area contributed by atoms with Gasteiger partial charge in [0.2, 0.25) is 0 Å². The normalized spacial score (nSPS) is 18.1. The van der Waals surface area contributed by atoms with E-state index in [1.54, 1.807) is 16.6 Å². The highest BCUT2D eigenvalue weighted by Crippen LogP contribution is 2.45. The lowest BCUT2D eigenvalue weighted by molar-refractivity contribution is 0.186. The van der Waals surface area contributed by atoms with Crippen LogP contribution in [0.1, 0.15) is 36.6 Å². The van der Waals surface area contributed by atoms with Gasteiger partial charge in [-0.1, -0.05) is 6.92 Å². The lowest BCUT2D eigenvalue weighted by atomic mass is 10.1. The molecule has 3 heterocycles. The van der Waals surface area contributed by atoms with Crippen LogP contribution in [-0.4, -0.2) is 46.9 Å². The van der Waals surface area contributed by atoms with E-state index in [2.05, 4.69) is 5.32 Å². The molecule has 1 N–H and O–H groups in total. The predicted octanol–water partition coefficient (Wildman–Crippen LogP) is 1.60. The first-order chi connectivity index (χ1) is 13.4. The molecule has 0 unspecified atom stereocenters. The minimum atomic E-state index is -0.347. The highest BCUT2D eigenvalue weighted by atomic mass is 32.1. The number of ether oxygens (including phenoxy) is 1. The second-order valence-corrected chi connectivity index (χ2v) is 8.71. The molecule has 152 valence electrons. The molecule has 9 heteroatoms. The van der Waals surface area contributed by atoms with Gasteiger partial charge >= 0.3 is 11.7 Å². The van der Waals surface area contributed by atoms with Gasteiger partial charge in [0.1, 0.15) is 4.83 Å². The van der Waals surface area contributed by atoms with Gasteiger partial charge in [-0.3, -0.25) is 13.9 Å². The number of carbonyl (C=O) groups is 1. The fourth-order valence-electron chi connectivity index (χ4n) is 4.06. The fourth-order valence-corrected chi connectivity index (χ4v) is 5.39. The molecule has 2 aromatic rings. The summed E-state index contributed by atoms with van der Waals surface area (Å²) >= 11 is 1.44. The van der Waals surface area contributed by atoms with Crippen molar-refractivity contribution in [3.63, 3.8) is 0 Å². The number of carbonyl (C=O) groups excluding carboxylic acids is 1. The van der Waals surface area contributed by atoms with Gasteiger partial charge in [0.05, 0.1) is 30.6 Å². The highest BCUT2D eigenvalue weighted by molar-refractivity contribution is 7.18.